The van der Waals surface area contributed by atoms with Crippen LogP contribution in [0.1, 0.15) is 35.8 Å². The molecule has 2 aromatic carbocycles. The van der Waals surface area contributed by atoms with Crippen molar-refractivity contribution in [3.8, 4) is 5.75 Å². The average molecular weight is 366 g/mol. The number of halogens is 2. The standard InChI is InChI=1S/C18H17Cl2NO3/c1-11(14-8-7-13(19)9-16(14)20)21-18(23)10-24-17-6-4-3-5-15(17)12(2)22/h3-9,11H,10H2,1-2H3,(H,21,23). The van der Waals surface area contributed by atoms with Crippen molar-refractivity contribution in [2.45, 2.75) is 19.9 Å². The predicted molar refractivity (Wildman–Crippen MR) is 95.0 cm³/mol. The minimum atomic E-state index is -0.313. The van der Waals surface area contributed by atoms with E-state index in [-0.39, 0.29) is 24.3 Å². The minimum absolute atomic E-state index is 0.118. The Bertz CT molecular complexity index is 762. The van der Waals surface area contributed by atoms with Crippen LogP contribution in [0, 0.1) is 0 Å². The van der Waals surface area contributed by atoms with Gasteiger partial charge in [0.1, 0.15) is 5.75 Å². The molecule has 0 radical (unpaired) electrons. The number of hydrogen-bond donors (Lipinski definition) is 1. The number of rotatable bonds is 6. The molecular formula is C18H17Cl2NO3. The number of ketones is 1. The van der Waals surface area contributed by atoms with Crippen LogP contribution in [0.4, 0.5) is 0 Å². The van der Waals surface area contributed by atoms with E-state index in [0.29, 0.717) is 21.4 Å². The van der Waals surface area contributed by atoms with Gasteiger partial charge in [-0.25, -0.2) is 0 Å². The number of carbonyl (C=O) groups is 2. The van der Waals surface area contributed by atoms with Crippen molar-refractivity contribution in [3.05, 3.63) is 63.6 Å². The van der Waals surface area contributed by atoms with E-state index in [1.54, 1.807) is 42.5 Å². The van der Waals surface area contributed by atoms with Gasteiger partial charge in [-0.1, -0.05) is 41.4 Å². The highest BCUT2D eigenvalue weighted by atomic mass is 35.5. The molecule has 0 aliphatic rings. The first-order valence-corrected chi connectivity index (χ1v) is 8.11. The molecule has 6 heteroatoms. The van der Waals surface area contributed by atoms with E-state index in [9.17, 15) is 9.59 Å². The molecule has 0 heterocycles. The maximum atomic E-state index is 12.1. The van der Waals surface area contributed by atoms with Crippen molar-refractivity contribution >= 4 is 34.9 Å². The summed E-state index contributed by atoms with van der Waals surface area (Å²) in [5.41, 5.74) is 1.21. The first-order valence-electron chi connectivity index (χ1n) is 7.35. The Morgan fingerprint density at radius 2 is 1.88 bits per heavy atom. The summed E-state index contributed by atoms with van der Waals surface area (Å²) >= 11 is 12.0. The molecule has 4 nitrogen and oxygen atoms in total. The smallest absolute Gasteiger partial charge is 0.258 e. The molecule has 0 saturated carbocycles. The van der Waals surface area contributed by atoms with Crippen molar-refractivity contribution in [3.63, 3.8) is 0 Å². The van der Waals surface area contributed by atoms with E-state index >= 15 is 0 Å². The van der Waals surface area contributed by atoms with Crippen LogP contribution >= 0.6 is 23.2 Å². The van der Waals surface area contributed by atoms with Gasteiger partial charge in [0.05, 0.1) is 11.6 Å². The Kier molecular flexibility index (Phi) is 6.23. The van der Waals surface area contributed by atoms with Crippen LogP contribution in [0.25, 0.3) is 0 Å². The Hall–Kier alpha value is -2.04. The second-order valence-electron chi connectivity index (χ2n) is 5.30. The molecule has 2 rings (SSSR count). The number of nitrogens with one attached hydrogen (secondary N) is 1. The van der Waals surface area contributed by atoms with Crippen LogP contribution in [-0.2, 0) is 4.79 Å². The first-order chi connectivity index (χ1) is 11.4. The molecule has 0 aromatic heterocycles. The van der Waals surface area contributed by atoms with Gasteiger partial charge < -0.3 is 10.1 Å². The van der Waals surface area contributed by atoms with Crippen LogP contribution in [-0.4, -0.2) is 18.3 Å². The summed E-state index contributed by atoms with van der Waals surface area (Å²) in [7, 11) is 0. The van der Waals surface area contributed by atoms with Gasteiger partial charge in [0.2, 0.25) is 0 Å². The topological polar surface area (TPSA) is 55.4 Å². The highest BCUT2D eigenvalue weighted by molar-refractivity contribution is 6.35. The zero-order valence-electron chi connectivity index (χ0n) is 13.3. The van der Waals surface area contributed by atoms with E-state index in [0.717, 1.165) is 5.56 Å². The van der Waals surface area contributed by atoms with Crippen molar-refractivity contribution < 1.29 is 14.3 Å². The highest BCUT2D eigenvalue weighted by Crippen LogP contribution is 2.26. The summed E-state index contributed by atoms with van der Waals surface area (Å²) in [4.78, 5) is 23.6. The van der Waals surface area contributed by atoms with Gasteiger partial charge >= 0.3 is 0 Å². The molecule has 0 bridgehead atoms. The Labute approximate surface area is 150 Å². The molecule has 1 amide bonds. The van der Waals surface area contributed by atoms with Gasteiger partial charge in [-0.3, -0.25) is 9.59 Å². The minimum Gasteiger partial charge on any atom is -0.483 e. The lowest BCUT2D eigenvalue weighted by atomic mass is 10.1. The number of benzene rings is 2. The van der Waals surface area contributed by atoms with Gasteiger partial charge in [0.15, 0.2) is 12.4 Å². The van der Waals surface area contributed by atoms with E-state index in [4.69, 9.17) is 27.9 Å². The maximum Gasteiger partial charge on any atom is 0.258 e. The van der Waals surface area contributed by atoms with E-state index in [1.165, 1.54) is 6.92 Å². The van der Waals surface area contributed by atoms with Crippen molar-refractivity contribution in [1.82, 2.24) is 5.32 Å². The molecule has 2 aromatic rings. The second kappa shape index (κ2) is 8.18. The zero-order chi connectivity index (χ0) is 17.7. The van der Waals surface area contributed by atoms with Crippen molar-refractivity contribution in [1.29, 1.82) is 0 Å². The van der Waals surface area contributed by atoms with Crippen LogP contribution < -0.4 is 10.1 Å². The Balaban J connectivity index is 1.97. The van der Waals surface area contributed by atoms with Crippen molar-refractivity contribution in [2.75, 3.05) is 6.61 Å². The fraction of sp³-hybridized carbons (Fsp3) is 0.222. The normalized spacial score (nSPS) is 11.7. The van der Waals surface area contributed by atoms with Gasteiger partial charge in [-0.15, -0.1) is 0 Å². The van der Waals surface area contributed by atoms with Gasteiger partial charge in [0, 0.05) is 10.0 Å². The quantitative estimate of drug-likeness (QED) is 0.769. The molecule has 1 atom stereocenters. The molecule has 0 aliphatic carbocycles. The molecule has 0 aliphatic heterocycles. The summed E-state index contributed by atoms with van der Waals surface area (Å²) in [5, 5.41) is 3.82. The third kappa shape index (κ3) is 4.73. The zero-order valence-corrected chi connectivity index (χ0v) is 14.8. The third-order valence-electron chi connectivity index (χ3n) is 3.43. The lowest BCUT2D eigenvalue weighted by Gasteiger charge is -2.16. The predicted octanol–water partition coefficient (Wildman–Crippen LogP) is 4.45. The van der Waals surface area contributed by atoms with Crippen LogP contribution in [0.2, 0.25) is 10.0 Å². The first kappa shape index (κ1) is 18.3. The molecule has 126 valence electrons. The largest absolute Gasteiger partial charge is 0.483 e. The number of hydrogen-bond acceptors (Lipinski definition) is 3. The van der Waals surface area contributed by atoms with Crippen LogP contribution in [0.5, 0.6) is 5.75 Å². The molecule has 0 saturated heterocycles. The average Bonchev–Trinajstić information content (AvgIpc) is 2.52. The number of ether oxygens (including phenoxy) is 1. The maximum absolute atomic E-state index is 12.1. The number of para-hydroxylation sites is 1. The molecule has 1 N–H and O–H groups in total. The van der Waals surface area contributed by atoms with Crippen LogP contribution in [0.3, 0.4) is 0 Å². The fourth-order valence-corrected chi connectivity index (χ4v) is 2.81. The SMILES string of the molecule is CC(=O)c1ccccc1OCC(=O)NC(C)c1ccc(Cl)cc1Cl. The molecular weight excluding hydrogens is 349 g/mol. The molecule has 0 spiro atoms. The fourth-order valence-electron chi connectivity index (χ4n) is 2.24. The number of carbonyl (C=O) groups excluding carboxylic acids is 2. The summed E-state index contributed by atoms with van der Waals surface area (Å²) in [6.45, 7) is 3.07. The third-order valence-corrected chi connectivity index (χ3v) is 3.99. The lowest BCUT2D eigenvalue weighted by Crippen LogP contribution is -2.31. The Morgan fingerprint density at radius 1 is 1.17 bits per heavy atom. The summed E-state index contributed by atoms with van der Waals surface area (Å²) in [6.07, 6.45) is 0. The summed E-state index contributed by atoms with van der Waals surface area (Å²) in [6, 6.07) is 11.6. The highest BCUT2D eigenvalue weighted by Gasteiger charge is 2.14. The van der Waals surface area contributed by atoms with Gasteiger partial charge in [-0.05, 0) is 43.7 Å². The summed E-state index contributed by atoms with van der Waals surface area (Å²) in [5.74, 6) is -0.0449. The van der Waals surface area contributed by atoms with Crippen LogP contribution in [0.15, 0.2) is 42.5 Å². The van der Waals surface area contributed by atoms with E-state index in [2.05, 4.69) is 5.32 Å². The van der Waals surface area contributed by atoms with Gasteiger partial charge in [0.25, 0.3) is 5.91 Å². The molecule has 0 fully saturated rings. The number of Topliss-reactive ketones (excluding diaryl/α,β-unsaturated/α-hetero) is 1. The molecule has 1 unspecified atom stereocenters. The summed E-state index contributed by atoms with van der Waals surface area (Å²) < 4.78 is 5.46. The van der Waals surface area contributed by atoms with E-state index < -0.39 is 0 Å². The van der Waals surface area contributed by atoms with Gasteiger partial charge in [-0.2, -0.15) is 0 Å². The Morgan fingerprint density at radius 3 is 2.54 bits per heavy atom. The molecule has 24 heavy (non-hydrogen) atoms. The second-order valence-corrected chi connectivity index (χ2v) is 6.14. The van der Waals surface area contributed by atoms with Crippen molar-refractivity contribution in [2.24, 2.45) is 0 Å². The lowest BCUT2D eigenvalue weighted by molar-refractivity contribution is -0.123. The van der Waals surface area contributed by atoms with E-state index in [1.807, 2.05) is 6.92 Å². The monoisotopic (exact) mass is 365 g/mol. The number of amides is 1.